The van der Waals surface area contributed by atoms with E-state index in [9.17, 15) is 4.79 Å². The standard InChI is InChI=1S/C21H32N6O/c1-16-13-19(24-15-23-16)22-14-17-7-5-6-10-26(17)11-12-27-20(28)9-8-18(25-27)21(2,3)4/h8-9,13,15,17H,5-7,10-12,14H2,1-4H3,(H,22,23,24). The maximum atomic E-state index is 12.3. The Balaban J connectivity index is 1.62. The van der Waals surface area contributed by atoms with Crippen LogP contribution in [0.2, 0.25) is 0 Å². The van der Waals surface area contributed by atoms with Gasteiger partial charge in [-0.2, -0.15) is 5.10 Å². The molecule has 1 fully saturated rings. The van der Waals surface area contributed by atoms with Crippen LogP contribution in [-0.2, 0) is 12.0 Å². The van der Waals surface area contributed by atoms with Gasteiger partial charge in [-0.1, -0.05) is 27.2 Å². The van der Waals surface area contributed by atoms with Crippen LogP contribution in [0.25, 0.3) is 0 Å². The fourth-order valence-corrected chi connectivity index (χ4v) is 3.59. The number of rotatable bonds is 6. The minimum Gasteiger partial charge on any atom is -0.368 e. The second kappa shape index (κ2) is 8.82. The molecule has 0 radical (unpaired) electrons. The van der Waals surface area contributed by atoms with Crippen molar-refractivity contribution in [1.29, 1.82) is 0 Å². The Kier molecular flexibility index (Phi) is 6.44. The van der Waals surface area contributed by atoms with Gasteiger partial charge < -0.3 is 5.32 Å². The maximum Gasteiger partial charge on any atom is 0.266 e. The zero-order valence-electron chi connectivity index (χ0n) is 17.5. The SMILES string of the molecule is Cc1cc(NCC2CCCCN2CCn2nc(C(C)(C)C)ccc2=O)ncn1. The van der Waals surface area contributed by atoms with Gasteiger partial charge in [-0.05, 0) is 32.4 Å². The fraction of sp³-hybridized carbons (Fsp3) is 0.619. The van der Waals surface area contributed by atoms with E-state index in [-0.39, 0.29) is 11.0 Å². The molecule has 7 nitrogen and oxygen atoms in total. The first-order valence-electron chi connectivity index (χ1n) is 10.2. The quantitative estimate of drug-likeness (QED) is 0.825. The second-order valence-electron chi connectivity index (χ2n) is 8.64. The molecule has 0 amide bonds. The van der Waals surface area contributed by atoms with E-state index in [1.165, 1.54) is 12.8 Å². The normalized spacial score (nSPS) is 18.2. The van der Waals surface area contributed by atoms with Crippen LogP contribution in [0.15, 0.2) is 29.3 Å². The summed E-state index contributed by atoms with van der Waals surface area (Å²) >= 11 is 0. The summed E-state index contributed by atoms with van der Waals surface area (Å²) < 4.78 is 1.62. The summed E-state index contributed by atoms with van der Waals surface area (Å²) in [4.78, 5) is 23.2. The Morgan fingerprint density at radius 3 is 2.75 bits per heavy atom. The Morgan fingerprint density at radius 2 is 2.00 bits per heavy atom. The number of hydrogen-bond acceptors (Lipinski definition) is 6. The molecule has 28 heavy (non-hydrogen) atoms. The van der Waals surface area contributed by atoms with Crippen LogP contribution in [0.4, 0.5) is 5.82 Å². The Hall–Kier alpha value is -2.28. The Labute approximate surface area is 167 Å². The Morgan fingerprint density at radius 1 is 1.18 bits per heavy atom. The van der Waals surface area contributed by atoms with Crippen LogP contribution >= 0.6 is 0 Å². The van der Waals surface area contributed by atoms with Crippen molar-refractivity contribution in [1.82, 2.24) is 24.6 Å². The van der Waals surface area contributed by atoms with Crippen molar-refractivity contribution in [2.75, 3.05) is 25.0 Å². The lowest BCUT2D eigenvalue weighted by molar-refractivity contribution is 0.147. The van der Waals surface area contributed by atoms with Gasteiger partial charge in [0, 0.05) is 42.4 Å². The maximum absolute atomic E-state index is 12.3. The van der Waals surface area contributed by atoms with Gasteiger partial charge in [-0.15, -0.1) is 0 Å². The van der Waals surface area contributed by atoms with Crippen LogP contribution in [0.5, 0.6) is 0 Å². The number of anilines is 1. The zero-order valence-corrected chi connectivity index (χ0v) is 17.5. The van der Waals surface area contributed by atoms with Crippen LogP contribution in [0.3, 0.4) is 0 Å². The van der Waals surface area contributed by atoms with Crippen LogP contribution < -0.4 is 10.9 Å². The number of likely N-dealkylation sites (tertiary alicyclic amines) is 1. The summed E-state index contributed by atoms with van der Waals surface area (Å²) in [6.07, 6.45) is 5.19. The predicted molar refractivity (Wildman–Crippen MR) is 112 cm³/mol. The first-order valence-corrected chi connectivity index (χ1v) is 10.2. The van der Waals surface area contributed by atoms with E-state index in [1.54, 1.807) is 17.1 Å². The lowest BCUT2D eigenvalue weighted by atomic mass is 9.92. The van der Waals surface area contributed by atoms with Gasteiger partial charge in [-0.25, -0.2) is 14.6 Å². The molecule has 152 valence electrons. The molecule has 1 saturated heterocycles. The second-order valence-corrected chi connectivity index (χ2v) is 8.64. The average Bonchev–Trinajstić information content (AvgIpc) is 2.65. The largest absolute Gasteiger partial charge is 0.368 e. The van der Waals surface area contributed by atoms with Gasteiger partial charge in [0.05, 0.1) is 12.2 Å². The number of nitrogens with zero attached hydrogens (tertiary/aromatic N) is 5. The molecule has 1 aliphatic heterocycles. The molecule has 1 aliphatic rings. The number of nitrogens with one attached hydrogen (secondary N) is 1. The van der Waals surface area contributed by atoms with Crippen molar-refractivity contribution in [3.05, 3.63) is 46.3 Å². The van der Waals surface area contributed by atoms with Crippen LogP contribution in [-0.4, -0.2) is 50.3 Å². The van der Waals surface area contributed by atoms with E-state index in [2.05, 4.69) is 46.1 Å². The van der Waals surface area contributed by atoms with E-state index in [4.69, 9.17) is 0 Å². The molecular formula is C21H32N6O. The molecule has 2 aromatic heterocycles. The molecule has 0 bridgehead atoms. The molecule has 0 aliphatic carbocycles. The summed E-state index contributed by atoms with van der Waals surface area (Å²) in [5, 5.41) is 8.05. The van der Waals surface area contributed by atoms with E-state index < -0.39 is 0 Å². The van der Waals surface area contributed by atoms with Gasteiger partial charge in [0.2, 0.25) is 0 Å². The zero-order chi connectivity index (χ0) is 20.1. The lowest BCUT2D eigenvalue weighted by Gasteiger charge is -2.36. The third kappa shape index (κ3) is 5.38. The van der Waals surface area contributed by atoms with Gasteiger partial charge in [-0.3, -0.25) is 9.69 Å². The van der Waals surface area contributed by atoms with Crippen molar-refractivity contribution in [2.45, 2.75) is 65.0 Å². The number of aromatic nitrogens is 4. The molecule has 1 N–H and O–H groups in total. The fourth-order valence-electron chi connectivity index (χ4n) is 3.59. The van der Waals surface area contributed by atoms with Crippen molar-refractivity contribution in [3.63, 3.8) is 0 Å². The molecule has 0 aromatic carbocycles. The summed E-state index contributed by atoms with van der Waals surface area (Å²) in [7, 11) is 0. The number of hydrogen-bond donors (Lipinski definition) is 1. The highest BCUT2D eigenvalue weighted by molar-refractivity contribution is 5.34. The summed E-state index contributed by atoms with van der Waals surface area (Å²) in [6.45, 7) is 11.7. The topological polar surface area (TPSA) is 75.9 Å². The smallest absolute Gasteiger partial charge is 0.266 e. The predicted octanol–water partition coefficient (Wildman–Crippen LogP) is 2.61. The van der Waals surface area contributed by atoms with E-state index >= 15 is 0 Å². The minimum absolute atomic E-state index is 0.0313. The molecule has 7 heteroatoms. The number of aryl methyl sites for hydroxylation is 1. The van der Waals surface area contributed by atoms with Crippen molar-refractivity contribution in [2.24, 2.45) is 0 Å². The van der Waals surface area contributed by atoms with E-state index in [0.29, 0.717) is 12.6 Å². The van der Waals surface area contributed by atoms with Crippen molar-refractivity contribution in [3.8, 4) is 0 Å². The summed E-state index contributed by atoms with van der Waals surface area (Å²) in [5.74, 6) is 0.869. The van der Waals surface area contributed by atoms with E-state index in [0.717, 1.165) is 43.3 Å². The monoisotopic (exact) mass is 384 g/mol. The van der Waals surface area contributed by atoms with Gasteiger partial charge >= 0.3 is 0 Å². The molecule has 3 heterocycles. The highest BCUT2D eigenvalue weighted by Crippen LogP contribution is 2.19. The third-order valence-electron chi connectivity index (χ3n) is 5.31. The van der Waals surface area contributed by atoms with E-state index in [1.807, 2.05) is 19.1 Å². The molecular weight excluding hydrogens is 352 g/mol. The molecule has 2 aromatic rings. The highest BCUT2D eigenvalue weighted by atomic mass is 16.1. The minimum atomic E-state index is -0.0668. The summed E-state index contributed by atoms with van der Waals surface area (Å²) in [5.41, 5.74) is 1.81. The lowest BCUT2D eigenvalue weighted by Crippen LogP contribution is -2.45. The van der Waals surface area contributed by atoms with Crippen LogP contribution in [0, 0.1) is 6.92 Å². The number of piperidine rings is 1. The Bertz CT molecular complexity index is 841. The van der Waals surface area contributed by atoms with Gasteiger partial charge in [0.25, 0.3) is 5.56 Å². The highest BCUT2D eigenvalue weighted by Gasteiger charge is 2.23. The first kappa shape index (κ1) is 20.5. The molecule has 0 spiro atoms. The molecule has 3 rings (SSSR count). The molecule has 1 unspecified atom stereocenters. The van der Waals surface area contributed by atoms with Crippen LogP contribution in [0.1, 0.15) is 51.4 Å². The van der Waals surface area contributed by atoms with Crippen molar-refractivity contribution >= 4 is 5.82 Å². The average molecular weight is 385 g/mol. The van der Waals surface area contributed by atoms with Gasteiger partial charge in [0.15, 0.2) is 0 Å². The summed E-state index contributed by atoms with van der Waals surface area (Å²) in [6, 6.07) is 5.89. The first-order chi connectivity index (χ1) is 13.3. The third-order valence-corrected chi connectivity index (χ3v) is 5.31. The van der Waals surface area contributed by atoms with Gasteiger partial charge in [0.1, 0.15) is 12.1 Å². The van der Waals surface area contributed by atoms with Crippen molar-refractivity contribution < 1.29 is 0 Å². The molecule has 0 saturated carbocycles. The molecule has 1 atom stereocenters.